The average molecular weight is 447 g/mol. The summed E-state index contributed by atoms with van der Waals surface area (Å²) in [5.41, 5.74) is -0.0907. The molecular weight excluding hydrogens is 426 g/mol. The SMILES string of the molecule is O=C(C1COc2ccccc2O1)N1CCN(S(=O)(=O)Cc2ccccc2[N+](=O)[O-])CC1. The van der Waals surface area contributed by atoms with Crippen molar-refractivity contribution in [3.8, 4) is 11.5 Å². The molecular formula is C20H21N3O7S. The Morgan fingerprint density at radius 1 is 1.03 bits per heavy atom. The quantitative estimate of drug-likeness (QED) is 0.502. The van der Waals surface area contributed by atoms with Gasteiger partial charge in [-0.05, 0) is 12.1 Å². The van der Waals surface area contributed by atoms with E-state index in [1.807, 2.05) is 6.07 Å². The third-order valence-corrected chi connectivity index (χ3v) is 7.08. The first-order valence-electron chi connectivity index (χ1n) is 9.72. The third kappa shape index (κ3) is 4.47. The van der Waals surface area contributed by atoms with E-state index in [1.165, 1.54) is 22.5 Å². The number of hydrogen-bond acceptors (Lipinski definition) is 7. The molecule has 2 heterocycles. The number of sulfonamides is 1. The van der Waals surface area contributed by atoms with Crippen molar-refractivity contribution in [3.63, 3.8) is 0 Å². The van der Waals surface area contributed by atoms with E-state index in [9.17, 15) is 23.3 Å². The summed E-state index contributed by atoms with van der Waals surface area (Å²) in [6, 6.07) is 12.9. The van der Waals surface area contributed by atoms with Crippen LogP contribution in [0.15, 0.2) is 48.5 Å². The number of nitrogens with zero attached hydrogens (tertiary/aromatic N) is 3. The zero-order valence-corrected chi connectivity index (χ0v) is 17.4. The minimum atomic E-state index is -3.77. The molecule has 10 nitrogen and oxygen atoms in total. The fourth-order valence-electron chi connectivity index (χ4n) is 3.63. The molecule has 4 rings (SSSR count). The van der Waals surface area contributed by atoms with Crippen molar-refractivity contribution in [2.24, 2.45) is 0 Å². The van der Waals surface area contributed by atoms with Gasteiger partial charge in [0.25, 0.3) is 11.6 Å². The predicted octanol–water partition coefficient (Wildman–Crippen LogP) is 1.41. The summed E-state index contributed by atoms with van der Waals surface area (Å²) in [6.45, 7) is 0.719. The van der Waals surface area contributed by atoms with Crippen molar-refractivity contribution in [3.05, 3.63) is 64.2 Å². The topological polar surface area (TPSA) is 119 Å². The highest BCUT2D eigenvalue weighted by Crippen LogP contribution is 2.31. The van der Waals surface area contributed by atoms with E-state index in [0.717, 1.165) is 0 Å². The molecule has 1 saturated heterocycles. The van der Waals surface area contributed by atoms with E-state index in [0.29, 0.717) is 11.5 Å². The lowest BCUT2D eigenvalue weighted by atomic mass is 10.2. The molecule has 164 valence electrons. The molecule has 1 fully saturated rings. The predicted molar refractivity (Wildman–Crippen MR) is 110 cm³/mol. The van der Waals surface area contributed by atoms with Crippen molar-refractivity contribution < 1.29 is 27.6 Å². The zero-order valence-electron chi connectivity index (χ0n) is 16.5. The molecule has 2 aromatic carbocycles. The molecule has 11 heteroatoms. The van der Waals surface area contributed by atoms with Crippen LogP contribution in [0.2, 0.25) is 0 Å². The number of amides is 1. The molecule has 0 aromatic heterocycles. The largest absolute Gasteiger partial charge is 0.485 e. The van der Waals surface area contributed by atoms with Gasteiger partial charge in [0.15, 0.2) is 11.5 Å². The van der Waals surface area contributed by atoms with E-state index in [1.54, 1.807) is 29.2 Å². The van der Waals surface area contributed by atoms with Gasteiger partial charge >= 0.3 is 0 Å². The van der Waals surface area contributed by atoms with Crippen molar-refractivity contribution in [1.29, 1.82) is 0 Å². The second-order valence-corrected chi connectivity index (χ2v) is 9.20. The van der Waals surface area contributed by atoms with Crippen molar-refractivity contribution in [2.75, 3.05) is 32.8 Å². The van der Waals surface area contributed by atoms with Gasteiger partial charge in [0, 0.05) is 37.8 Å². The smallest absolute Gasteiger partial charge is 0.273 e. The van der Waals surface area contributed by atoms with Crippen molar-refractivity contribution in [2.45, 2.75) is 11.9 Å². The second-order valence-electron chi connectivity index (χ2n) is 7.23. The Labute approximate surface area is 179 Å². The van der Waals surface area contributed by atoms with Gasteiger partial charge in [-0.2, -0.15) is 4.31 Å². The number of carbonyl (C=O) groups excluding carboxylic acids is 1. The highest BCUT2D eigenvalue weighted by atomic mass is 32.2. The van der Waals surface area contributed by atoms with E-state index in [2.05, 4.69) is 0 Å². The molecule has 1 atom stereocenters. The second kappa shape index (κ2) is 8.52. The highest BCUT2D eigenvalue weighted by molar-refractivity contribution is 7.88. The van der Waals surface area contributed by atoms with Gasteiger partial charge in [-0.1, -0.05) is 30.3 Å². The summed E-state index contributed by atoms with van der Waals surface area (Å²) in [6.07, 6.45) is -0.787. The van der Waals surface area contributed by atoms with E-state index in [-0.39, 0.29) is 49.9 Å². The molecule has 0 saturated carbocycles. The number of piperazine rings is 1. The molecule has 0 bridgehead atoms. The van der Waals surface area contributed by atoms with E-state index in [4.69, 9.17) is 9.47 Å². The Hall–Kier alpha value is -3.18. The number of fused-ring (bicyclic) bond motifs is 1. The maximum Gasteiger partial charge on any atom is 0.273 e. The van der Waals surface area contributed by atoms with Gasteiger partial charge in [0.05, 0.1) is 10.7 Å². The summed E-state index contributed by atoms with van der Waals surface area (Å²) in [5, 5.41) is 11.2. The summed E-state index contributed by atoms with van der Waals surface area (Å²) in [7, 11) is -3.77. The Bertz CT molecular complexity index is 1100. The molecule has 1 unspecified atom stereocenters. The molecule has 1 amide bonds. The Balaban J connectivity index is 1.37. The zero-order chi connectivity index (χ0) is 22.0. The number of ether oxygens (including phenoxy) is 2. The van der Waals surface area contributed by atoms with E-state index < -0.39 is 26.8 Å². The van der Waals surface area contributed by atoms with Gasteiger partial charge in [-0.25, -0.2) is 8.42 Å². The van der Waals surface area contributed by atoms with Crippen LogP contribution < -0.4 is 9.47 Å². The van der Waals surface area contributed by atoms with E-state index >= 15 is 0 Å². The summed E-state index contributed by atoms with van der Waals surface area (Å²) >= 11 is 0. The number of para-hydroxylation sites is 3. The van der Waals surface area contributed by atoms with Gasteiger partial charge < -0.3 is 14.4 Å². The first kappa shape index (κ1) is 21.1. The highest BCUT2D eigenvalue weighted by Gasteiger charge is 2.35. The number of nitro benzene ring substituents is 1. The fourth-order valence-corrected chi connectivity index (χ4v) is 5.17. The van der Waals surface area contributed by atoms with Crippen molar-refractivity contribution >= 4 is 21.6 Å². The maximum atomic E-state index is 12.8. The Morgan fingerprint density at radius 2 is 1.68 bits per heavy atom. The molecule has 0 aliphatic carbocycles. The fraction of sp³-hybridized carbons (Fsp3) is 0.350. The first-order valence-corrected chi connectivity index (χ1v) is 11.3. The van der Waals surface area contributed by atoms with Crippen LogP contribution in [0, 0.1) is 10.1 Å². The van der Waals surface area contributed by atoms with Crippen LogP contribution in [0.1, 0.15) is 5.56 Å². The lowest BCUT2D eigenvalue weighted by Crippen LogP contribution is -2.55. The number of benzene rings is 2. The van der Waals surface area contributed by atoms with Crippen LogP contribution in [-0.2, 0) is 20.6 Å². The molecule has 2 aliphatic rings. The maximum absolute atomic E-state index is 12.8. The van der Waals surface area contributed by atoms with Crippen LogP contribution in [0.5, 0.6) is 11.5 Å². The lowest BCUT2D eigenvalue weighted by molar-refractivity contribution is -0.385. The lowest BCUT2D eigenvalue weighted by Gasteiger charge is -2.36. The average Bonchev–Trinajstić information content (AvgIpc) is 2.78. The third-order valence-electron chi connectivity index (χ3n) is 5.25. The van der Waals surface area contributed by atoms with Gasteiger partial charge in [-0.15, -0.1) is 0 Å². The van der Waals surface area contributed by atoms with Crippen LogP contribution >= 0.6 is 0 Å². The number of rotatable bonds is 5. The number of hydrogen-bond donors (Lipinski definition) is 0. The van der Waals surface area contributed by atoms with Gasteiger partial charge in [-0.3, -0.25) is 14.9 Å². The molecule has 0 N–H and O–H groups in total. The first-order chi connectivity index (χ1) is 14.8. The normalized spacial score (nSPS) is 19.1. The van der Waals surface area contributed by atoms with Gasteiger partial charge in [0.1, 0.15) is 6.61 Å². The van der Waals surface area contributed by atoms with Gasteiger partial charge in [0.2, 0.25) is 16.1 Å². The molecule has 2 aromatic rings. The summed E-state index contributed by atoms with van der Waals surface area (Å²) in [4.78, 5) is 24.9. The van der Waals surface area contributed by atoms with Crippen LogP contribution in [-0.4, -0.2) is 67.3 Å². The monoisotopic (exact) mass is 447 g/mol. The summed E-state index contributed by atoms with van der Waals surface area (Å²) < 4.78 is 38.2. The molecule has 2 aliphatic heterocycles. The standard InChI is InChI=1S/C20H21N3O7S/c24-20(19-13-29-17-7-3-4-8-18(17)30-19)21-9-11-22(12-10-21)31(27,28)14-15-5-1-2-6-16(15)23(25)26/h1-8,19H,9-14H2. The Morgan fingerprint density at radius 3 is 2.39 bits per heavy atom. The molecule has 31 heavy (non-hydrogen) atoms. The number of nitro groups is 1. The van der Waals surface area contributed by atoms with Crippen molar-refractivity contribution in [1.82, 2.24) is 9.21 Å². The molecule has 0 radical (unpaired) electrons. The minimum absolute atomic E-state index is 0.0893. The van der Waals surface area contributed by atoms with Crippen LogP contribution in [0.3, 0.4) is 0 Å². The summed E-state index contributed by atoms with van der Waals surface area (Å²) in [5.74, 6) is 0.356. The van der Waals surface area contributed by atoms with Crippen LogP contribution in [0.4, 0.5) is 5.69 Å². The van der Waals surface area contributed by atoms with Crippen LogP contribution in [0.25, 0.3) is 0 Å². The minimum Gasteiger partial charge on any atom is -0.485 e. The molecule has 0 spiro atoms. The number of carbonyl (C=O) groups is 1. The Kier molecular flexibility index (Phi) is 5.79.